The molecule has 1 saturated heterocycles. The van der Waals surface area contributed by atoms with Gasteiger partial charge in [0, 0.05) is 37.3 Å². The van der Waals surface area contributed by atoms with Gasteiger partial charge in [0.05, 0.1) is 0 Å². The highest BCUT2D eigenvalue weighted by Crippen LogP contribution is 2.46. The van der Waals surface area contributed by atoms with Crippen LogP contribution in [0, 0.1) is 5.82 Å². The first kappa shape index (κ1) is 23.8. The molecule has 0 radical (unpaired) electrons. The van der Waals surface area contributed by atoms with Gasteiger partial charge in [0.2, 0.25) is 11.5 Å². The van der Waals surface area contributed by atoms with E-state index in [1.54, 1.807) is 29.2 Å². The van der Waals surface area contributed by atoms with Crippen LogP contribution >= 0.6 is 0 Å². The molecule has 0 aromatic heterocycles. The number of hydrogen-bond acceptors (Lipinski definition) is 5. The van der Waals surface area contributed by atoms with Crippen molar-refractivity contribution in [2.45, 2.75) is 50.8 Å². The number of halogens is 1. The molecule has 1 spiro atoms. The van der Waals surface area contributed by atoms with Gasteiger partial charge in [0.1, 0.15) is 12.4 Å². The summed E-state index contributed by atoms with van der Waals surface area (Å²) in [5.41, 5.74) is 2.17. The molecule has 2 aromatic carbocycles. The Labute approximate surface area is 207 Å². The summed E-state index contributed by atoms with van der Waals surface area (Å²) < 4.78 is 19.3. The van der Waals surface area contributed by atoms with E-state index in [4.69, 9.17) is 4.74 Å². The average Bonchev–Trinajstić information content (AvgIpc) is 3.26. The molecule has 5 amide bonds. The standard InChI is InChI=1S/C26H27FN4O5/c1-15-3-4-16-11-19(27)6-5-18(16)13-30(15)22(32)14-31-23(33)26(36-25(31)35)10-9-17-12-20(7-8-21(17)26)29-24(34)28-2/h5-8,11-12,15H,3-4,9-10,13-14H2,1-2H3,(H2,28,29,34)/t15-,26-/m0/s1. The largest absolute Gasteiger partial charge is 0.427 e. The molecule has 10 heteroatoms. The lowest BCUT2D eigenvalue weighted by molar-refractivity contribution is -0.143. The number of benzene rings is 2. The Balaban J connectivity index is 1.34. The summed E-state index contributed by atoms with van der Waals surface area (Å²) in [5.74, 6) is -1.24. The van der Waals surface area contributed by atoms with Crippen molar-refractivity contribution in [3.63, 3.8) is 0 Å². The van der Waals surface area contributed by atoms with Crippen molar-refractivity contribution < 1.29 is 28.3 Å². The molecule has 2 aliphatic heterocycles. The van der Waals surface area contributed by atoms with E-state index >= 15 is 0 Å². The van der Waals surface area contributed by atoms with Crippen molar-refractivity contribution in [1.29, 1.82) is 0 Å². The van der Waals surface area contributed by atoms with E-state index in [0.717, 1.165) is 21.6 Å². The van der Waals surface area contributed by atoms with Gasteiger partial charge in [-0.05, 0) is 67.1 Å². The van der Waals surface area contributed by atoms with Crippen LogP contribution in [0.4, 0.5) is 19.7 Å². The first-order valence-electron chi connectivity index (χ1n) is 12.0. The number of aryl methyl sites for hydroxylation is 2. The van der Waals surface area contributed by atoms with Gasteiger partial charge in [-0.1, -0.05) is 12.1 Å². The van der Waals surface area contributed by atoms with Crippen LogP contribution in [0.5, 0.6) is 0 Å². The van der Waals surface area contributed by atoms with Crippen molar-refractivity contribution in [1.82, 2.24) is 15.1 Å². The van der Waals surface area contributed by atoms with Gasteiger partial charge in [-0.3, -0.25) is 9.59 Å². The number of nitrogens with one attached hydrogen (secondary N) is 2. The Morgan fingerprint density at radius 1 is 1.11 bits per heavy atom. The molecule has 188 valence electrons. The third-order valence-corrected chi connectivity index (χ3v) is 7.33. The van der Waals surface area contributed by atoms with Gasteiger partial charge in [-0.15, -0.1) is 0 Å². The number of ether oxygens (including phenoxy) is 1. The second-order valence-electron chi connectivity index (χ2n) is 9.48. The molecule has 0 saturated carbocycles. The summed E-state index contributed by atoms with van der Waals surface area (Å²) in [6.07, 6.45) is 1.18. The van der Waals surface area contributed by atoms with Gasteiger partial charge in [-0.25, -0.2) is 18.9 Å². The molecule has 5 rings (SSSR count). The number of imide groups is 1. The Morgan fingerprint density at radius 3 is 2.69 bits per heavy atom. The molecule has 0 unspecified atom stereocenters. The fraction of sp³-hybridized carbons (Fsp3) is 0.385. The van der Waals surface area contributed by atoms with E-state index in [0.29, 0.717) is 30.5 Å². The quantitative estimate of drug-likeness (QED) is 0.682. The molecular weight excluding hydrogens is 467 g/mol. The summed E-state index contributed by atoms with van der Waals surface area (Å²) in [5, 5.41) is 5.16. The number of rotatable bonds is 3. The number of carbonyl (C=O) groups is 4. The first-order valence-corrected chi connectivity index (χ1v) is 12.0. The SMILES string of the molecule is CNC(=O)Nc1ccc2c(c1)CC[C@]21OC(=O)N(CC(=O)N2Cc3ccc(F)cc3CC[C@@H]2C)C1=O. The summed E-state index contributed by atoms with van der Waals surface area (Å²) in [6, 6.07) is 9.11. The molecule has 3 aliphatic rings. The number of amides is 5. The third-order valence-electron chi connectivity index (χ3n) is 7.33. The topological polar surface area (TPSA) is 108 Å². The molecule has 2 atom stereocenters. The van der Waals surface area contributed by atoms with Crippen molar-refractivity contribution in [3.05, 3.63) is 64.5 Å². The number of carbonyl (C=O) groups excluding carboxylic acids is 4. The molecule has 2 N–H and O–H groups in total. The molecule has 36 heavy (non-hydrogen) atoms. The molecule has 0 bridgehead atoms. The van der Waals surface area contributed by atoms with Crippen LogP contribution in [0.2, 0.25) is 0 Å². The van der Waals surface area contributed by atoms with Crippen LogP contribution in [-0.4, -0.2) is 53.4 Å². The zero-order valence-electron chi connectivity index (χ0n) is 20.1. The van der Waals surface area contributed by atoms with E-state index in [-0.39, 0.29) is 36.8 Å². The first-order chi connectivity index (χ1) is 17.2. The minimum atomic E-state index is -1.47. The molecule has 1 aliphatic carbocycles. The third kappa shape index (κ3) is 3.96. The molecule has 1 fully saturated rings. The summed E-state index contributed by atoms with van der Waals surface area (Å²) in [6.45, 7) is 1.76. The number of fused-ring (bicyclic) bond motifs is 3. The van der Waals surface area contributed by atoms with Crippen LogP contribution in [-0.2, 0) is 39.3 Å². The summed E-state index contributed by atoms with van der Waals surface area (Å²) in [7, 11) is 1.51. The summed E-state index contributed by atoms with van der Waals surface area (Å²) >= 11 is 0. The van der Waals surface area contributed by atoms with E-state index < -0.39 is 24.1 Å². The van der Waals surface area contributed by atoms with E-state index in [2.05, 4.69) is 10.6 Å². The maximum atomic E-state index is 13.7. The smallest absolute Gasteiger partial charge is 0.418 e. The van der Waals surface area contributed by atoms with Crippen molar-refractivity contribution >= 4 is 29.6 Å². The zero-order chi connectivity index (χ0) is 25.6. The fourth-order valence-electron chi connectivity index (χ4n) is 5.33. The Morgan fingerprint density at radius 2 is 1.92 bits per heavy atom. The maximum absolute atomic E-state index is 13.7. The number of urea groups is 1. The minimum Gasteiger partial charge on any atom is -0.427 e. The zero-order valence-corrected chi connectivity index (χ0v) is 20.1. The Hall–Kier alpha value is -3.95. The second-order valence-corrected chi connectivity index (χ2v) is 9.48. The highest BCUT2D eigenvalue weighted by molar-refractivity contribution is 6.06. The van der Waals surface area contributed by atoms with Gasteiger partial charge < -0.3 is 20.3 Å². The van der Waals surface area contributed by atoms with Crippen molar-refractivity contribution in [2.24, 2.45) is 0 Å². The van der Waals surface area contributed by atoms with Crippen LogP contribution in [0.15, 0.2) is 36.4 Å². The minimum absolute atomic E-state index is 0.144. The Bertz CT molecular complexity index is 1280. The van der Waals surface area contributed by atoms with Gasteiger partial charge in [0.25, 0.3) is 5.91 Å². The molecular formula is C26H27FN4O5. The molecule has 2 heterocycles. The fourth-order valence-corrected chi connectivity index (χ4v) is 5.33. The van der Waals surface area contributed by atoms with E-state index in [1.165, 1.54) is 19.2 Å². The normalized spacial score (nSPS) is 22.7. The van der Waals surface area contributed by atoms with Crippen molar-refractivity contribution in [2.75, 3.05) is 18.9 Å². The highest BCUT2D eigenvalue weighted by Gasteiger charge is 2.58. The lowest BCUT2D eigenvalue weighted by atomic mass is 9.94. The highest BCUT2D eigenvalue weighted by atomic mass is 19.1. The number of hydrogen-bond donors (Lipinski definition) is 2. The van der Waals surface area contributed by atoms with E-state index in [1.807, 2.05) is 6.92 Å². The molecule has 2 aromatic rings. The van der Waals surface area contributed by atoms with E-state index in [9.17, 15) is 23.6 Å². The average molecular weight is 495 g/mol. The summed E-state index contributed by atoms with van der Waals surface area (Å²) in [4.78, 5) is 53.8. The number of anilines is 1. The van der Waals surface area contributed by atoms with Crippen LogP contribution in [0.25, 0.3) is 0 Å². The van der Waals surface area contributed by atoms with Gasteiger partial charge >= 0.3 is 12.1 Å². The maximum Gasteiger partial charge on any atom is 0.418 e. The molecule has 9 nitrogen and oxygen atoms in total. The van der Waals surface area contributed by atoms with Crippen LogP contribution in [0.1, 0.15) is 42.0 Å². The van der Waals surface area contributed by atoms with Crippen molar-refractivity contribution in [3.8, 4) is 0 Å². The van der Waals surface area contributed by atoms with Crippen LogP contribution < -0.4 is 10.6 Å². The Kier molecular flexibility index (Phi) is 5.89. The second kappa shape index (κ2) is 8.92. The predicted octanol–water partition coefficient (Wildman–Crippen LogP) is 3.06. The monoisotopic (exact) mass is 494 g/mol. The van der Waals surface area contributed by atoms with Gasteiger partial charge in [0.15, 0.2) is 0 Å². The van der Waals surface area contributed by atoms with Crippen LogP contribution in [0.3, 0.4) is 0 Å². The lowest BCUT2D eigenvalue weighted by Crippen LogP contribution is -2.46. The van der Waals surface area contributed by atoms with Gasteiger partial charge in [-0.2, -0.15) is 0 Å². The number of nitrogens with zero attached hydrogens (tertiary/aromatic N) is 2. The lowest BCUT2D eigenvalue weighted by Gasteiger charge is -2.28. The predicted molar refractivity (Wildman–Crippen MR) is 127 cm³/mol.